The number of anilines is 3. The second kappa shape index (κ2) is 9.09. The molecule has 0 bridgehead atoms. The molecule has 0 radical (unpaired) electrons. The van der Waals surface area contributed by atoms with E-state index < -0.39 is 5.97 Å². The highest BCUT2D eigenvalue weighted by Crippen LogP contribution is 2.26. The van der Waals surface area contributed by atoms with Crippen LogP contribution in [0.4, 0.5) is 17.3 Å². The summed E-state index contributed by atoms with van der Waals surface area (Å²) in [6, 6.07) is 18.4. The fourth-order valence-corrected chi connectivity index (χ4v) is 3.77. The number of hydrogen-bond acceptors (Lipinski definition) is 6. The van der Waals surface area contributed by atoms with E-state index in [1.807, 2.05) is 31.3 Å². The molecule has 7 nitrogen and oxygen atoms in total. The Kier molecular flexibility index (Phi) is 6.07. The van der Waals surface area contributed by atoms with Crippen LogP contribution in [0.5, 0.6) is 0 Å². The van der Waals surface area contributed by atoms with Gasteiger partial charge in [0, 0.05) is 25.3 Å². The molecule has 0 atom stereocenters. The van der Waals surface area contributed by atoms with E-state index in [0.717, 1.165) is 22.6 Å². The monoisotopic (exact) mass is 429 g/mol. The van der Waals surface area contributed by atoms with Gasteiger partial charge in [-0.25, -0.2) is 9.78 Å². The van der Waals surface area contributed by atoms with Gasteiger partial charge >= 0.3 is 5.97 Å². The Morgan fingerprint density at radius 3 is 2.50 bits per heavy atom. The molecule has 0 saturated heterocycles. The second-order valence-electron chi connectivity index (χ2n) is 7.86. The third kappa shape index (κ3) is 4.56. The third-order valence-electron chi connectivity index (χ3n) is 5.10. The lowest BCUT2D eigenvalue weighted by Crippen LogP contribution is -2.20. The summed E-state index contributed by atoms with van der Waals surface area (Å²) in [5.74, 6) is 1.000. The number of aromatic nitrogens is 3. The molecule has 0 saturated carbocycles. The number of hydrogen-bond donors (Lipinski definition) is 1. The van der Waals surface area contributed by atoms with E-state index in [4.69, 9.17) is 9.72 Å². The average molecular weight is 430 g/mol. The molecule has 0 fully saturated rings. The van der Waals surface area contributed by atoms with Crippen molar-refractivity contribution in [1.29, 1.82) is 0 Å². The van der Waals surface area contributed by atoms with Crippen molar-refractivity contribution in [3.8, 4) is 0 Å². The van der Waals surface area contributed by atoms with Crippen molar-refractivity contribution in [2.75, 3.05) is 23.9 Å². The van der Waals surface area contributed by atoms with Crippen LogP contribution in [-0.2, 0) is 11.3 Å². The number of benzene rings is 2. The fraction of sp³-hybridized carbons (Fsp3) is 0.240. The number of carbonyl (C=O) groups is 1. The van der Waals surface area contributed by atoms with Crippen LogP contribution in [0.1, 0.15) is 34.0 Å². The molecular weight excluding hydrogens is 402 g/mol. The summed E-state index contributed by atoms with van der Waals surface area (Å²) in [4.78, 5) is 19.3. The zero-order chi connectivity index (χ0) is 22.7. The van der Waals surface area contributed by atoms with Gasteiger partial charge in [0.2, 0.25) is 0 Å². The van der Waals surface area contributed by atoms with Gasteiger partial charge in [-0.2, -0.15) is 9.61 Å². The van der Waals surface area contributed by atoms with Gasteiger partial charge in [0.25, 0.3) is 0 Å². The molecule has 0 unspecified atom stereocenters. The van der Waals surface area contributed by atoms with E-state index in [1.54, 1.807) is 11.4 Å². The zero-order valence-electron chi connectivity index (χ0n) is 18.8. The van der Waals surface area contributed by atoms with Crippen LogP contribution in [0.25, 0.3) is 5.65 Å². The van der Waals surface area contributed by atoms with E-state index in [0.29, 0.717) is 23.6 Å². The third-order valence-corrected chi connectivity index (χ3v) is 5.10. The van der Waals surface area contributed by atoms with Crippen molar-refractivity contribution in [2.45, 2.75) is 27.3 Å². The second-order valence-corrected chi connectivity index (χ2v) is 7.86. The number of ether oxygens (including phenoxy) is 1. The molecule has 32 heavy (non-hydrogen) atoms. The summed E-state index contributed by atoms with van der Waals surface area (Å²) in [5.41, 5.74) is 5.21. The van der Waals surface area contributed by atoms with E-state index in [2.05, 4.69) is 59.5 Å². The number of esters is 1. The van der Waals surface area contributed by atoms with Gasteiger partial charge < -0.3 is 15.0 Å². The number of rotatable bonds is 7. The maximum Gasteiger partial charge on any atom is 0.343 e. The first-order valence-corrected chi connectivity index (χ1v) is 10.6. The Morgan fingerprint density at radius 2 is 1.81 bits per heavy atom. The average Bonchev–Trinajstić information content (AvgIpc) is 3.17. The van der Waals surface area contributed by atoms with E-state index in [1.165, 1.54) is 11.8 Å². The van der Waals surface area contributed by atoms with Gasteiger partial charge in [-0.15, -0.1) is 0 Å². The van der Waals surface area contributed by atoms with Crippen molar-refractivity contribution < 1.29 is 9.53 Å². The van der Waals surface area contributed by atoms with Crippen molar-refractivity contribution in [2.24, 2.45) is 0 Å². The van der Waals surface area contributed by atoms with Crippen LogP contribution in [0.3, 0.4) is 0 Å². The van der Waals surface area contributed by atoms with E-state index in [9.17, 15) is 4.79 Å². The molecule has 7 heteroatoms. The first kappa shape index (κ1) is 21.4. The zero-order valence-corrected chi connectivity index (χ0v) is 18.8. The Bertz CT molecular complexity index is 1230. The SMILES string of the molecule is CCOC(=O)c1cnn2c(N(C)Cc3ccccc3)cc(Nc3cc(C)cc(C)c3)nc12. The van der Waals surface area contributed by atoms with Crippen LogP contribution in [0, 0.1) is 13.8 Å². The lowest BCUT2D eigenvalue weighted by molar-refractivity contribution is 0.0528. The van der Waals surface area contributed by atoms with Gasteiger partial charge in [-0.05, 0) is 49.6 Å². The summed E-state index contributed by atoms with van der Waals surface area (Å²) < 4.78 is 6.90. The lowest BCUT2D eigenvalue weighted by Gasteiger charge is -2.21. The molecule has 0 aliphatic heterocycles. The Morgan fingerprint density at radius 1 is 1.09 bits per heavy atom. The van der Waals surface area contributed by atoms with Crippen LogP contribution in [0.15, 0.2) is 60.8 Å². The number of nitrogens with zero attached hydrogens (tertiary/aromatic N) is 4. The minimum absolute atomic E-state index is 0.289. The summed E-state index contributed by atoms with van der Waals surface area (Å²) in [5, 5.41) is 7.84. The molecular formula is C25H27N5O2. The summed E-state index contributed by atoms with van der Waals surface area (Å²) in [6.45, 7) is 6.87. The largest absolute Gasteiger partial charge is 0.462 e. The molecule has 0 aliphatic carbocycles. The van der Waals surface area contributed by atoms with Crippen molar-refractivity contribution in [3.63, 3.8) is 0 Å². The van der Waals surface area contributed by atoms with Gasteiger partial charge in [-0.1, -0.05) is 36.4 Å². The summed E-state index contributed by atoms with van der Waals surface area (Å²) in [7, 11) is 1.99. The molecule has 4 aromatic rings. The van der Waals surface area contributed by atoms with Gasteiger partial charge in [0.15, 0.2) is 5.65 Å². The Balaban J connectivity index is 1.79. The molecule has 2 aromatic heterocycles. The predicted octanol–water partition coefficient (Wildman–Crippen LogP) is 4.90. The molecule has 0 aliphatic rings. The van der Waals surface area contributed by atoms with Crippen LogP contribution in [0.2, 0.25) is 0 Å². The molecule has 2 aromatic carbocycles. The van der Waals surface area contributed by atoms with Crippen LogP contribution >= 0.6 is 0 Å². The summed E-state index contributed by atoms with van der Waals surface area (Å²) in [6.07, 6.45) is 1.51. The highest BCUT2D eigenvalue weighted by molar-refractivity contribution is 5.96. The lowest BCUT2D eigenvalue weighted by atomic mass is 10.1. The minimum Gasteiger partial charge on any atom is -0.462 e. The minimum atomic E-state index is -0.435. The molecule has 2 heterocycles. The van der Waals surface area contributed by atoms with Crippen molar-refractivity contribution in [1.82, 2.24) is 14.6 Å². The van der Waals surface area contributed by atoms with Crippen molar-refractivity contribution >= 4 is 28.9 Å². The van der Waals surface area contributed by atoms with E-state index >= 15 is 0 Å². The van der Waals surface area contributed by atoms with Crippen LogP contribution in [-0.4, -0.2) is 34.2 Å². The molecule has 0 spiro atoms. The maximum absolute atomic E-state index is 12.5. The Hall–Kier alpha value is -3.87. The molecule has 164 valence electrons. The number of nitrogens with one attached hydrogen (secondary N) is 1. The number of carbonyl (C=O) groups excluding carboxylic acids is 1. The van der Waals surface area contributed by atoms with Crippen molar-refractivity contribution in [3.05, 3.63) is 83.0 Å². The van der Waals surface area contributed by atoms with E-state index in [-0.39, 0.29) is 6.61 Å². The Labute approximate surface area is 187 Å². The molecule has 0 amide bonds. The van der Waals surface area contributed by atoms with Gasteiger partial charge in [0.05, 0.1) is 12.8 Å². The predicted molar refractivity (Wildman–Crippen MR) is 127 cm³/mol. The van der Waals surface area contributed by atoms with Crippen LogP contribution < -0.4 is 10.2 Å². The molecule has 1 N–H and O–H groups in total. The normalized spacial score (nSPS) is 10.9. The summed E-state index contributed by atoms with van der Waals surface area (Å²) >= 11 is 0. The standard InChI is InChI=1S/C25H27N5O2/c1-5-32-25(31)21-15-26-30-23(29(4)16-19-9-7-6-8-10-19)14-22(28-24(21)30)27-20-12-17(2)11-18(3)13-20/h6-15H,5,16H2,1-4H3,(H,27,28). The van der Waals surface area contributed by atoms with Gasteiger partial charge in [0.1, 0.15) is 17.2 Å². The first-order valence-electron chi connectivity index (χ1n) is 10.6. The first-order chi connectivity index (χ1) is 15.4. The quantitative estimate of drug-likeness (QED) is 0.421. The number of fused-ring (bicyclic) bond motifs is 1. The highest BCUT2D eigenvalue weighted by atomic mass is 16.5. The van der Waals surface area contributed by atoms with Gasteiger partial charge in [-0.3, -0.25) is 0 Å². The topological polar surface area (TPSA) is 71.8 Å². The number of aryl methyl sites for hydroxylation is 2. The maximum atomic E-state index is 12.5. The smallest absolute Gasteiger partial charge is 0.343 e. The fourth-order valence-electron chi connectivity index (χ4n) is 3.77. The highest BCUT2D eigenvalue weighted by Gasteiger charge is 2.20. The molecule has 4 rings (SSSR count).